The van der Waals surface area contributed by atoms with Crippen molar-refractivity contribution < 1.29 is 0 Å². The largest absolute Gasteiger partial charge is 0.379 e. The summed E-state index contributed by atoms with van der Waals surface area (Å²) in [6.07, 6.45) is 11.9. The van der Waals surface area contributed by atoms with Crippen LogP contribution in [0, 0.1) is 11.8 Å². The molecule has 1 heterocycles. The van der Waals surface area contributed by atoms with Crippen LogP contribution in [0.3, 0.4) is 0 Å². The van der Waals surface area contributed by atoms with E-state index in [2.05, 4.69) is 10.4 Å². The minimum absolute atomic E-state index is 0.0713. The third-order valence-corrected chi connectivity index (χ3v) is 4.99. The zero-order valence-electron chi connectivity index (χ0n) is 12.5. The van der Waals surface area contributed by atoms with Crippen molar-refractivity contribution in [3.05, 3.63) is 21.6 Å². The molecule has 2 aliphatic carbocycles. The van der Waals surface area contributed by atoms with Crippen LogP contribution in [-0.2, 0) is 6.54 Å². The molecule has 0 spiro atoms. The predicted octanol–water partition coefficient (Wildman–Crippen LogP) is 3.69. The lowest BCUT2D eigenvalue weighted by Gasteiger charge is -2.21. The van der Waals surface area contributed by atoms with E-state index in [0.29, 0.717) is 16.6 Å². The maximum absolute atomic E-state index is 12.4. The van der Waals surface area contributed by atoms with Gasteiger partial charge in [-0.25, -0.2) is 4.68 Å². The highest BCUT2D eigenvalue weighted by atomic mass is 35.5. The second-order valence-corrected chi connectivity index (χ2v) is 6.92. The van der Waals surface area contributed by atoms with Crippen molar-refractivity contribution in [3.63, 3.8) is 0 Å². The predicted molar refractivity (Wildman–Crippen MR) is 85.9 cm³/mol. The first kappa shape index (κ1) is 14.9. The molecule has 5 heteroatoms. The molecule has 0 radical (unpaired) electrons. The molecule has 21 heavy (non-hydrogen) atoms. The molecule has 116 valence electrons. The van der Waals surface area contributed by atoms with Crippen LogP contribution in [0.5, 0.6) is 0 Å². The molecule has 3 rings (SSSR count). The molecular formula is C16H24ClN3O. The zero-order valence-corrected chi connectivity index (χ0v) is 13.2. The molecule has 4 nitrogen and oxygen atoms in total. The number of anilines is 1. The Morgan fingerprint density at radius 1 is 1.19 bits per heavy atom. The van der Waals surface area contributed by atoms with Gasteiger partial charge < -0.3 is 5.32 Å². The molecule has 0 saturated heterocycles. The number of rotatable bonds is 6. The fourth-order valence-electron chi connectivity index (χ4n) is 3.18. The van der Waals surface area contributed by atoms with Crippen LogP contribution in [0.25, 0.3) is 0 Å². The Morgan fingerprint density at radius 3 is 2.67 bits per heavy atom. The van der Waals surface area contributed by atoms with Crippen LogP contribution in [0.1, 0.15) is 51.4 Å². The van der Waals surface area contributed by atoms with E-state index >= 15 is 0 Å². The Bertz CT molecular complexity index is 533. The molecule has 1 N–H and O–H groups in total. The SMILES string of the molecule is O=c1c(NCCC2CCCCC2)c(Cl)cnn1CC1CC1. The molecule has 1 aromatic rings. The lowest BCUT2D eigenvalue weighted by molar-refractivity contribution is 0.345. The summed E-state index contributed by atoms with van der Waals surface area (Å²) >= 11 is 6.14. The van der Waals surface area contributed by atoms with Crippen LogP contribution in [0.2, 0.25) is 5.02 Å². The molecular weight excluding hydrogens is 286 g/mol. The molecule has 1 aromatic heterocycles. The number of nitrogens with one attached hydrogen (secondary N) is 1. The third kappa shape index (κ3) is 4.00. The van der Waals surface area contributed by atoms with E-state index < -0.39 is 0 Å². The molecule has 0 unspecified atom stereocenters. The monoisotopic (exact) mass is 309 g/mol. The van der Waals surface area contributed by atoms with Crippen LogP contribution in [0.15, 0.2) is 11.0 Å². The van der Waals surface area contributed by atoms with Crippen molar-refractivity contribution in [2.45, 2.75) is 57.9 Å². The van der Waals surface area contributed by atoms with Crippen molar-refractivity contribution in [1.82, 2.24) is 9.78 Å². The van der Waals surface area contributed by atoms with Gasteiger partial charge in [-0.15, -0.1) is 0 Å². The Labute approximate surface area is 130 Å². The minimum atomic E-state index is -0.0713. The highest BCUT2D eigenvalue weighted by molar-refractivity contribution is 6.32. The van der Waals surface area contributed by atoms with Crippen molar-refractivity contribution in [2.24, 2.45) is 11.8 Å². The number of halogens is 1. The quantitative estimate of drug-likeness (QED) is 0.871. The summed E-state index contributed by atoms with van der Waals surface area (Å²) in [6.45, 7) is 1.56. The normalized spacial score (nSPS) is 19.7. The van der Waals surface area contributed by atoms with Gasteiger partial charge in [0.1, 0.15) is 5.69 Å². The van der Waals surface area contributed by atoms with E-state index in [1.807, 2.05) is 0 Å². The van der Waals surface area contributed by atoms with Gasteiger partial charge in [-0.3, -0.25) is 4.79 Å². The van der Waals surface area contributed by atoms with Gasteiger partial charge in [0, 0.05) is 13.1 Å². The lowest BCUT2D eigenvalue weighted by Crippen LogP contribution is -2.27. The maximum Gasteiger partial charge on any atom is 0.291 e. The summed E-state index contributed by atoms with van der Waals surface area (Å²) in [5.41, 5.74) is 0.459. The molecule has 2 fully saturated rings. The van der Waals surface area contributed by atoms with Gasteiger partial charge in [0.15, 0.2) is 0 Å². The number of aromatic nitrogens is 2. The van der Waals surface area contributed by atoms with Crippen molar-refractivity contribution >= 4 is 17.3 Å². The van der Waals surface area contributed by atoms with Crippen molar-refractivity contribution in [3.8, 4) is 0 Å². The first-order valence-corrected chi connectivity index (χ1v) is 8.61. The highest BCUT2D eigenvalue weighted by Crippen LogP contribution is 2.30. The molecule has 0 aliphatic heterocycles. The fraction of sp³-hybridized carbons (Fsp3) is 0.750. The van der Waals surface area contributed by atoms with Crippen molar-refractivity contribution in [2.75, 3.05) is 11.9 Å². The van der Waals surface area contributed by atoms with Crippen LogP contribution >= 0.6 is 11.6 Å². The van der Waals surface area contributed by atoms with Crippen LogP contribution in [-0.4, -0.2) is 16.3 Å². The van der Waals surface area contributed by atoms with E-state index in [-0.39, 0.29) is 5.56 Å². The molecule has 0 aromatic carbocycles. The summed E-state index contributed by atoms with van der Waals surface area (Å²) in [4.78, 5) is 12.4. The zero-order chi connectivity index (χ0) is 14.7. The van der Waals surface area contributed by atoms with Crippen LogP contribution < -0.4 is 10.9 Å². The Kier molecular flexibility index (Phi) is 4.84. The molecule has 0 amide bonds. The number of hydrogen-bond donors (Lipinski definition) is 1. The summed E-state index contributed by atoms with van der Waals surface area (Å²) in [6, 6.07) is 0. The third-order valence-electron chi connectivity index (χ3n) is 4.70. The standard InChI is InChI=1S/C16H24ClN3O/c17-14-10-19-20(11-13-6-7-13)16(21)15(14)18-9-8-12-4-2-1-3-5-12/h10,12-13,18H,1-9,11H2. The Hall–Kier alpha value is -1.03. The molecule has 0 atom stereocenters. The summed E-state index contributed by atoms with van der Waals surface area (Å²) < 4.78 is 1.56. The second kappa shape index (κ2) is 6.82. The summed E-state index contributed by atoms with van der Waals surface area (Å²) in [5, 5.41) is 7.85. The molecule has 2 aliphatic rings. The van der Waals surface area contributed by atoms with Gasteiger partial charge in [-0.1, -0.05) is 43.7 Å². The summed E-state index contributed by atoms with van der Waals surface area (Å²) in [7, 11) is 0. The average Bonchev–Trinajstić information content (AvgIpc) is 3.31. The topological polar surface area (TPSA) is 46.9 Å². The van der Waals surface area contributed by atoms with Crippen LogP contribution in [0.4, 0.5) is 5.69 Å². The smallest absolute Gasteiger partial charge is 0.291 e. The van der Waals surface area contributed by atoms with Gasteiger partial charge in [0.2, 0.25) is 0 Å². The van der Waals surface area contributed by atoms with Gasteiger partial charge in [0.05, 0.1) is 11.2 Å². The van der Waals surface area contributed by atoms with Gasteiger partial charge in [0.25, 0.3) is 5.56 Å². The Balaban J connectivity index is 1.59. The van der Waals surface area contributed by atoms with Gasteiger partial charge in [-0.2, -0.15) is 5.10 Å². The van der Waals surface area contributed by atoms with E-state index in [0.717, 1.165) is 25.4 Å². The fourth-order valence-corrected chi connectivity index (χ4v) is 3.37. The van der Waals surface area contributed by atoms with Gasteiger partial charge >= 0.3 is 0 Å². The van der Waals surface area contributed by atoms with E-state index in [1.54, 1.807) is 10.9 Å². The highest BCUT2D eigenvalue weighted by Gasteiger charge is 2.23. The maximum atomic E-state index is 12.4. The first-order valence-electron chi connectivity index (χ1n) is 8.23. The number of hydrogen-bond acceptors (Lipinski definition) is 3. The first-order chi connectivity index (χ1) is 10.2. The summed E-state index contributed by atoms with van der Waals surface area (Å²) in [5.74, 6) is 1.44. The van der Waals surface area contributed by atoms with Crippen molar-refractivity contribution in [1.29, 1.82) is 0 Å². The van der Waals surface area contributed by atoms with E-state index in [4.69, 9.17) is 11.6 Å². The number of nitrogens with zero attached hydrogens (tertiary/aromatic N) is 2. The molecule has 0 bridgehead atoms. The van der Waals surface area contributed by atoms with Gasteiger partial charge in [-0.05, 0) is 31.1 Å². The second-order valence-electron chi connectivity index (χ2n) is 6.52. The average molecular weight is 310 g/mol. The Morgan fingerprint density at radius 2 is 1.95 bits per heavy atom. The molecule has 2 saturated carbocycles. The minimum Gasteiger partial charge on any atom is -0.379 e. The van der Waals surface area contributed by atoms with E-state index in [9.17, 15) is 4.79 Å². The van der Waals surface area contributed by atoms with E-state index in [1.165, 1.54) is 44.9 Å². The lowest BCUT2D eigenvalue weighted by atomic mass is 9.87.